The lowest BCUT2D eigenvalue weighted by atomic mass is 9.70. The molecule has 1 saturated carbocycles. The summed E-state index contributed by atoms with van der Waals surface area (Å²) in [6.07, 6.45) is 3.02. The van der Waals surface area contributed by atoms with Crippen LogP contribution in [0.4, 0.5) is 13.2 Å². The standard InChI is InChI=1S/C16H21F3N2O2S/c17-16(18,19)14-13(6-4-10-20-14)24(22,23)21-11-5-9-15(12-21)7-2-1-3-8-15/h4,6,10H,1-3,5,7-9,11-12H2. The Kier molecular flexibility index (Phi) is 4.63. The molecule has 1 aliphatic carbocycles. The maximum absolute atomic E-state index is 13.1. The minimum atomic E-state index is -4.79. The van der Waals surface area contributed by atoms with Crippen molar-refractivity contribution in [2.75, 3.05) is 13.1 Å². The third kappa shape index (κ3) is 3.31. The van der Waals surface area contributed by atoms with Crippen LogP contribution in [0.15, 0.2) is 23.2 Å². The van der Waals surface area contributed by atoms with E-state index in [-0.39, 0.29) is 12.0 Å². The van der Waals surface area contributed by atoms with E-state index in [0.29, 0.717) is 13.0 Å². The van der Waals surface area contributed by atoms with Gasteiger partial charge in [-0.25, -0.2) is 8.42 Å². The number of hydrogen-bond acceptors (Lipinski definition) is 3. The minimum absolute atomic E-state index is 0.0653. The molecule has 0 aromatic carbocycles. The first-order valence-electron chi connectivity index (χ1n) is 8.27. The van der Waals surface area contributed by atoms with Crippen LogP contribution in [0.25, 0.3) is 0 Å². The Bertz CT molecular complexity index is 692. The Morgan fingerprint density at radius 3 is 2.42 bits per heavy atom. The molecule has 1 spiro atoms. The molecular weight excluding hydrogens is 341 g/mol. The van der Waals surface area contributed by atoms with E-state index >= 15 is 0 Å². The van der Waals surface area contributed by atoms with Crippen molar-refractivity contribution in [2.45, 2.75) is 56.0 Å². The van der Waals surface area contributed by atoms with Gasteiger partial charge in [0.15, 0.2) is 5.69 Å². The van der Waals surface area contributed by atoms with Crippen molar-refractivity contribution in [2.24, 2.45) is 5.41 Å². The van der Waals surface area contributed by atoms with E-state index in [0.717, 1.165) is 50.8 Å². The van der Waals surface area contributed by atoms with Crippen molar-refractivity contribution in [3.63, 3.8) is 0 Å². The van der Waals surface area contributed by atoms with Crippen molar-refractivity contribution in [3.8, 4) is 0 Å². The average molecular weight is 362 g/mol. The van der Waals surface area contributed by atoms with Gasteiger partial charge in [0.25, 0.3) is 0 Å². The maximum atomic E-state index is 13.1. The Hall–Kier alpha value is -1.15. The molecule has 1 aromatic heterocycles. The summed E-state index contributed by atoms with van der Waals surface area (Å²) in [7, 11) is -4.20. The zero-order chi connectivity index (χ0) is 17.4. The molecule has 0 atom stereocenters. The smallest absolute Gasteiger partial charge is 0.250 e. The summed E-state index contributed by atoms with van der Waals surface area (Å²) in [6, 6.07) is 2.25. The quantitative estimate of drug-likeness (QED) is 0.803. The summed E-state index contributed by atoms with van der Waals surface area (Å²) in [5.41, 5.74) is -1.39. The normalized spacial score (nSPS) is 22.6. The van der Waals surface area contributed by atoms with E-state index < -0.39 is 26.8 Å². The Morgan fingerprint density at radius 1 is 1.08 bits per heavy atom. The molecule has 3 rings (SSSR count). The molecule has 0 unspecified atom stereocenters. The summed E-state index contributed by atoms with van der Waals surface area (Å²) in [5.74, 6) is 0. The monoisotopic (exact) mass is 362 g/mol. The first-order valence-corrected chi connectivity index (χ1v) is 9.71. The van der Waals surface area contributed by atoms with Crippen LogP contribution in [0, 0.1) is 5.41 Å². The summed E-state index contributed by atoms with van der Waals surface area (Å²) < 4.78 is 66.4. The lowest BCUT2D eigenvalue weighted by Crippen LogP contribution is -2.47. The Balaban J connectivity index is 1.94. The zero-order valence-electron chi connectivity index (χ0n) is 13.3. The maximum Gasteiger partial charge on any atom is 0.434 e. The number of aromatic nitrogens is 1. The van der Waals surface area contributed by atoms with Crippen LogP contribution in [0.1, 0.15) is 50.6 Å². The molecule has 4 nitrogen and oxygen atoms in total. The van der Waals surface area contributed by atoms with Crippen molar-refractivity contribution >= 4 is 10.0 Å². The van der Waals surface area contributed by atoms with Gasteiger partial charge in [-0.05, 0) is 43.2 Å². The van der Waals surface area contributed by atoms with E-state index in [2.05, 4.69) is 4.98 Å². The number of rotatable bonds is 2. The molecule has 1 aliphatic heterocycles. The van der Waals surface area contributed by atoms with Gasteiger partial charge in [-0.2, -0.15) is 17.5 Å². The van der Waals surface area contributed by atoms with Crippen molar-refractivity contribution in [1.29, 1.82) is 0 Å². The molecule has 0 N–H and O–H groups in total. The molecule has 0 amide bonds. The Morgan fingerprint density at radius 2 is 1.75 bits per heavy atom. The molecule has 2 heterocycles. The molecule has 134 valence electrons. The molecular formula is C16H21F3N2O2S. The van der Waals surface area contributed by atoms with Crippen molar-refractivity contribution in [3.05, 3.63) is 24.0 Å². The van der Waals surface area contributed by atoms with Gasteiger partial charge in [-0.15, -0.1) is 0 Å². The third-order valence-corrected chi connectivity index (χ3v) is 7.07. The number of sulfonamides is 1. The molecule has 1 saturated heterocycles. The molecule has 1 aromatic rings. The van der Waals surface area contributed by atoms with Crippen LogP contribution in [0.3, 0.4) is 0 Å². The lowest BCUT2D eigenvalue weighted by molar-refractivity contribution is -0.143. The second-order valence-corrected chi connectivity index (χ2v) is 8.76. The molecule has 0 radical (unpaired) electrons. The van der Waals surface area contributed by atoms with E-state index in [9.17, 15) is 21.6 Å². The van der Waals surface area contributed by atoms with Gasteiger partial charge >= 0.3 is 6.18 Å². The van der Waals surface area contributed by atoms with E-state index in [1.54, 1.807) is 0 Å². The summed E-state index contributed by atoms with van der Waals surface area (Å²) in [6.45, 7) is 0.595. The number of hydrogen-bond donors (Lipinski definition) is 0. The molecule has 24 heavy (non-hydrogen) atoms. The Labute approximate surface area is 140 Å². The topological polar surface area (TPSA) is 50.3 Å². The SMILES string of the molecule is O=S(=O)(c1cccnc1C(F)(F)F)N1CCCC2(CCCCC2)C1. The van der Waals surface area contributed by atoms with Gasteiger partial charge in [0.05, 0.1) is 0 Å². The van der Waals surface area contributed by atoms with E-state index in [1.807, 2.05) is 0 Å². The molecule has 8 heteroatoms. The largest absolute Gasteiger partial charge is 0.434 e. The first kappa shape index (κ1) is 17.7. The van der Waals surface area contributed by atoms with Crippen molar-refractivity contribution in [1.82, 2.24) is 9.29 Å². The second-order valence-electron chi connectivity index (χ2n) is 6.85. The number of alkyl halides is 3. The van der Waals surface area contributed by atoms with Gasteiger partial charge in [-0.1, -0.05) is 19.3 Å². The fourth-order valence-electron chi connectivity index (χ4n) is 4.03. The van der Waals surface area contributed by atoms with Gasteiger partial charge in [0.2, 0.25) is 10.0 Å². The van der Waals surface area contributed by atoms with E-state index in [1.165, 1.54) is 10.4 Å². The van der Waals surface area contributed by atoms with Gasteiger partial charge in [0, 0.05) is 19.3 Å². The van der Waals surface area contributed by atoms with Gasteiger partial charge in [0.1, 0.15) is 4.90 Å². The van der Waals surface area contributed by atoms with Crippen LogP contribution < -0.4 is 0 Å². The summed E-state index contributed by atoms with van der Waals surface area (Å²) in [5, 5.41) is 0. The van der Waals surface area contributed by atoms with Crippen LogP contribution in [-0.2, 0) is 16.2 Å². The number of piperidine rings is 1. The predicted octanol–water partition coefficient (Wildman–Crippen LogP) is 3.84. The van der Waals surface area contributed by atoms with Crippen LogP contribution >= 0.6 is 0 Å². The van der Waals surface area contributed by atoms with E-state index in [4.69, 9.17) is 0 Å². The molecule has 2 aliphatic rings. The highest BCUT2D eigenvalue weighted by Crippen LogP contribution is 2.44. The highest BCUT2D eigenvalue weighted by molar-refractivity contribution is 7.89. The summed E-state index contributed by atoms with van der Waals surface area (Å²) in [4.78, 5) is 2.55. The lowest BCUT2D eigenvalue weighted by Gasteiger charge is -2.44. The third-order valence-electron chi connectivity index (χ3n) is 5.20. The van der Waals surface area contributed by atoms with Crippen LogP contribution in [0.2, 0.25) is 0 Å². The molecule has 0 bridgehead atoms. The zero-order valence-corrected chi connectivity index (χ0v) is 14.2. The highest BCUT2D eigenvalue weighted by Gasteiger charge is 2.44. The van der Waals surface area contributed by atoms with Crippen LogP contribution in [0.5, 0.6) is 0 Å². The van der Waals surface area contributed by atoms with Gasteiger partial charge in [-0.3, -0.25) is 4.98 Å². The number of pyridine rings is 1. The highest BCUT2D eigenvalue weighted by atomic mass is 32.2. The second kappa shape index (κ2) is 6.29. The number of halogens is 3. The number of nitrogens with zero attached hydrogens (tertiary/aromatic N) is 2. The van der Waals surface area contributed by atoms with Crippen LogP contribution in [-0.4, -0.2) is 30.8 Å². The summed E-state index contributed by atoms with van der Waals surface area (Å²) >= 11 is 0. The first-order chi connectivity index (χ1) is 11.2. The fraction of sp³-hybridized carbons (Fsp3) is 0.688. The average Bonchev–Trinajstić information content (AvgIpc) is 2.55. The minimum Gasteiger partial charge on any atom is -0.250 e. The molecule has 2 fully saturated rings. The fourth-order valence-corrected chi connectivity index (χ4v) is 5.78. The predicted molar refractivity (Wildman–Crippen MR) is 82.7 cm³/mol. The van der Waals surface area contributed by atoms with Crippen molar-refractivity contribution < 1.29 is 21.6 Å². The van der Waals surface area contributed by atoms with Gasteiger partial charge < -0.3 is 0 Å².